The topological polar surface area (TPSA) is 74.4 Å². The highest BCUT2D eigenvalue weighted by atomic mass is 79.9. The Labute approximate surface area is 129 Å². The number of aromatic nitrogens is 1. The van der Waals surface area contributed by atoms with Gasteiger partial charge in [0.2, 0.25) is 0 Å². The van der Waals surface area contributed by atoms with Crippen molar-refractivity contribution in [2.45, 2.75) is 6.92 Å². The quantitative estimate of drug-likeness (QED) is 0.758. The molecule has 2 aromatic heterocycles. The second-order valence-corrected chi connectivity index (χ2v) is 5.06. The Morgan fingerprint density at radius 3 is 2.62 bits per heavy atom. The van der Waals surface area contributed by atoms with Gasteiger partial charge in [-0.15, -0.1) is 0 Å². The minimum atomic E-state index is 0.335. The average molecular weight is 349 g/mol. The van der Waals surface area contributed by atoms with Gasteiger partial charge in [-0.05, 0) is 46.6 Å². The van der Waals surface area contributed by atoms with Crippen LogP contribution in [0.3, 0.4) is 0 Å². The number of halogens is 1. The van der Waals surface area contributed by atoms with Gasteiger partial charge in [0, 0.05) is 0 Å². The maximum Gasteiger partial charge on any atom is 0.181 e. The van der Waals surface area contributed by atoms with Gasteiger partial charge in [-0.25, -0.2) is 0 Å². The molecule has 0 aliphatic rings. The molecule has 3 aromatic rings. The van der Waals surface area contributed by atoms with E-state index in [0.29, 0.717) is 22.9 Å². The molecule has 0 unspecified atom stereocenters. The maximum absolute atomic E-state index is 5.94. The fourth-order valence-corrected chi connectivity index (χ4v) is 2.53. The molecule has 0 aliphatic heterocycles. The second kappa shape index (κ2) is 5.65. The number of hydrogen-bond donors (Lipinski definition) is 1. The predicted octanol–water partition coefficient (Wildman–Crippen LogP) is 4.35. The molecule has 5 nitrogen and oxygen atoms in total. The number of ether oxygens (including phenoxy) is 1. The normalized spacial score (nSPS) is 10.8. The first-order chi connectivity index (χ1) is 10.2. The Balaban J connectivity index is 2.06. The van der Waals surface area contributed by atoms with E-state index in [1.165, 1.54) is 0 Å². The van der Waals surface area contributed by atoms with Gasteiger partial charge < -0.3 is 19.4 Å². The van der Waals surface area contributed by atoms with Crippen LogP contribution in [0.5, 0.6) is 5.75 Å². The third-order valence-electron chi connectivity index (χ3n) is 3.04. The molecule has 108 valence electrons. The zero-order valence-corrected chi connectivity index (χ0v) is 12.9. The predicted molar refractivity (Wildman–Crippen MR) is 82.9 cm³/mol. The summed E-state index contributed by atoms with van der Waals surface area (Å²) < 4.78 is 16.6. The van der Waals surface area contributed by atoms with Crippen molar-refractivity contribution in [3.05, 3.63) is 41.3 Å². The van der Waals surface area contributed by atoms with Crippen LogP contribution in [0.4, 0.5) is 5.82 Å². The number of furan rings is 1. The highest BCUT2D eigenvalue weighted by molar-refractivity contribution is 9.10. The summed E-state index contributed by atoms with van der Waals surface area (Å²) in [6.07, 6.45) is 1.57. The maximum atomic E-state index is 5.94. The molecular weight excluding hydrogens is 336 g/mol. The Morgan fingerprint density at radius 1 is 1.24 bits per heavy atom. The van der Waals surface area contributed by atoms with Crippen LogP contribution >= 0.6 is 15.9 Å². The SMILES string of the molecule is CCOc1ccc(-c2c(N)noc2-c2ccoc2Br)cc1. The van der Waals surface area contributed by atoms with E-state index in [9.17, 15) is 0 Å². The van der Waals surface area contributed by atoms with Gasteiger partial charge in [0.25, 0.3) is 0 Å². The van der Waals surface area contributed by atoms with Crippen LogP contribution < -0.4 is 10.5 Å². The number of rotatable bonds is 4. The van der Waals surface area contributed by atoms with Crippen molar-refractivity contribution in [2.75, 3.05) is 12.3 Å². The molecule has 0 saturated carbocycles. The molecule has 0 spiro atoms. The fraction of sp³-hybridized carbons (Fsp3) is 0.133. The van der Waals surface area contributed by atoms with Crippen molar-refractivity contribution in [2.24, 2.45) is 0 Å². The summed E-state index contributed by atoms with van der Waals surface area (Å²) in [5.41, 5.74) is 8.35. The Hall–Kier alpha value is -2.21. The van der Waals surface area contributed by atoms with Crippen LogP contribution in [-0.4, -0.2) is 11.8 Å². The lowest BCUT2D eigenvalue weighted by atomic mass is 10.0. The summed E-state index contributed by atoms with van der Waals surface area (Å²) in [4.78, 5) is 0. The van der Waals surface area contributed by atoms with Crippen molar-refractivity contribution in [3.8, 4) is 28.2 Å². The van der Waals surface area contributed by atoms with E-state index in [-0.39, 0.29) is 0 Å². The first kappa shape index (κ1) is 13.8. The summed E-state index contributed by atoms with van der Waals surface area (Å²) in [5.74, 6) is 1.71. The molecule has 21 heavy (non-hydrogen) atoms. The lowest BCUT2D eigenvalue weighted by molar-refractivity contribution is 0.340. The molecule has 2 heterocycles. The van der Waals surface area contributed by atoms with Crippen LogP contribution in [-0.2, 0) is 0 Å². The molecule has 0 atom stereocenters. The van der Waals surface area contributed by atoms with Crippen molar-refractivity contribution in [1.82, 2.24) is 5.16 Å². The van der Waals surface area contributed by atoms with Crippen LogP contribution in [0.25, 0.3) is 22.5 Å². The summed E-state index contributed by atoms with van der Waals surface area (Å²) in [5, 5.41) is 3.86. The molecule has 1 aromatic carbocycles. The zero-order valence-electron chi connectivity index (χ0n) is 11.3. The minimum Gasteiger partial charge on any atom is -0.494 e. The number of benzene rings is 1. The van der Waals surface area contributed by atoms with Crippen LogP contribution in [0.1, 0.15) is 6.92 Å². The highest BCUT2D eigenvalue weighted by Gasteiger charge is 2.21. The lowest BCUT2D eigenvalue weighted by Gasteiger charge is -2.05. The monoisotopic (exact) mass is 348 g/mol. The van der Waals surface area contributed by atoms with Gasteiger partial charge in [-0.2, -0.15) is 0 Å². The molecule has 0 aliphatic carbocycles. The second-order valence-electron chi connectivity index (χ2n) is 4.34. The third kappa shape index (κ3) is 2.54. The van der Waals surface area contributed by atoms with Crippen molar-refractivity contribution in [3.63, 3.8) is 0 Å². The first-order valence-electron chi connectivity index (χ1n) is 6.42. The van der Waals surface area contributed by atoms with Gasteiger partial charge in [-0.1, -0.05) is 17.3 Å². The molecule has 0 radical (unpaired) electrons. The smallest absolute Gasteiger partial charge is 0.181 e. The molecule has 0 amide bonds. The Kier molecular flexibility index (Phi) is 3.70. The standard InChI is InChI=1S/C15H13BrN2O3/c1-2-19-10-5-3-9(4-6-10)12-13(21-18-15(12)17)11-7-8-20-14(11)16/h3-8H,2H2,1H3,(H2,17,18). The van der Waals surface area contributed by atoms with Gasteiger partial charge in [0.1, 0.15) is 5.75 Å². The molecule has 2 N–H and O–H groups in total. The fourth-order valence-electron chi connectivity index (χ4n) is 2.11. The minimum absolute atomic E-state index is 0.335. The molecule has 0 fully saturated rings. The summed E-state index contributed by atoms with van der Waals surface area (Å²) in [7, 11) is 0. The summed E-state index contributed by atoms with van der Waals surface area (Å²) in [6.45, 7) is 2.57. The van der Waals surface area contributed by atoms with E-state index in [4.69, 9.17) is 19.4 Å². The van der Waals surface area contributed by atoms with Crippen LogP contribution in [0, 0.1) is 0 Å². The largest absolute Gasteiger partial charge is 0.494 e. The molecular formula is C15H13BrN2O3. The average Bonchev–Trinajstić information content (AvgIpc) is 3.06. The molecule has 0 bridgehead atoms. The Morgan fingerprint density at radius 2 is 2.00 bits per heavy atom. The van der Waals surface area contributed by atoms with E-state index in [1.54, 1.807) is 12.3 Å². The van der Waals surface area contributed by atoms with E-state index in [2.05, 4.69) is 21.1 Å². The van der Waals surface area contributed by atoms with E-state index < -0.39 is 0 Å². The van der Waals surface area contributed by atoms with Gasteiger partial charge in [0.15, 0.2) is 16.2 Å². The molecule has 0 saturated heterocycles. The van der Waals surface area contributed by atoms with Gasteiger partial charge in [-0.3, -0.25) is 0 Å². The molecule has 6 heteroatoms. The van der Waals surface area contributed by atoms with E-state index in [0.717, 1.165) is 22.4 Å². The van der Waals surface area contributed by atoms with E-state index in [1.807, 2.05) is 31.2 Å². The highest BCUT2D eigenvalue weighted by Crippen LogP contribution is 2.40. The van der Waals surface area contributed by atoms with Crippen LogP contribution in [0.15, 0.2) is 50.2 Å². The van der Waals surface area contributed by atoms with E-state index >= 15 is 0 Å². The van der Waals surface area contributed by atoms with Crippen molar-refractivity contribution >= 4 is 21.7 Å². The summed E-state index contributed by atoms with van der Waals surface area (Å²) in [6, 6.07) is 9.41. The number of nitrogen functional groups attached to an aromatic ring is 1. The number of nitrogens with two attached hydrogens (primary N) is 1. The number of hydrogen-bond acceptors (Lipinski definition) is 5. The van der Waals surface area contributed by atoms with Crippen molar-refractivity contribution < 1.29 is 13.7 Å². The molecule has 3 rings (SSSR count). The third-order valence-corrected chi connectivity index (χ3v) is 3.65. The van der Waals surface area contributed by atoms with Crippen molar-refractivity contribution in [1.29, 1.82) is 0 Å². The van der Waals surface area contributed by atoms with Gasteiger partial charge in [0.05, 0.1) is 24.0 Å². The lowest BCUT2D eigenvalue weighted by Crippen LogP contribution is -1.92. The first-order valence-corrected chi connectivity index (χ1v) is 7.21. The van der Waals surface area contributed by atoms with Crippen LogP contribution in [0.2, 0.25) is 0 Å². The summed E-state index contributed by atoms with van der Waals surface area (Å²) >= 11 is 3.34. The van der Waals surface area contributed by atoms with Gasteiger partial charge >= 0.3 is 0 Å². The number of anilines is 1. The zero-order chi connectivity index (χ0) is 14.8. The Bertz CT molecular complexity index is 747. The number of nitrogens with zero attached hydrogens (tertiary/aromatic N) is 1.